The highest BCUT2D eigenvalue weighted by atomic mass is 32.2. The zero-order valence-electron chi connectivity index (χ0n) is 14.8. The highest BCUT2D eigenvalue weighted by Crippen LogP contribution is 2.34. The van der Waals surface area contributed by atoms with Crippen LogP contribution in [0.5, 0.6) is 0 Å². The van der Waals surface area contributed by atoms with Crippen LogP contribution < -0.4 is 0 Å². The molecular formula is C18H17N5O3S. The van der Waals surface area contributed by atoms with Crippen molar-refractivity contribution in [2.24, 2.45) is 7.05 Å². The second-order valence-electron chi connectivity index (χ2n) is 5.91. The summed E-state index contributed by atoms with van der Waals surface area (Å²) in [5.74, 6) is -0.280. The number of carbonyl (C=O) groups is 1. The lowest BCUT2D eigenvalue weighted by molar-refractivity contribution is -0.387. The molecule has 8 nitrogen and oxygen atoms in total. The van der Waals surface area contributed by atoms with E-state index in [4.69, 9.17) is 0 Å². The molecule has 0 fully saturated rings. The molecule has 3 rings (SSSR count). The number of aryl methyl sites for hydroxylation is 1. The molecule has 0 N–H and O–H groups in total. The largest absolute Gasteiger partial charge is 0.337 e. The Kier molecular flexibility index (Phi) is 5.51. The molecule has 27 heavy (non-hydrogen) atoms. The Hall–Kier alpha value is -3.20. The predicted octanol–water partition coefficient (Wildman–Crippen LogP) is 3.15. The quantitative estimate of drug-likeness (QED) is 0.479. The van der Waals surface area contributed by atoms with E-state index in [0.29, 0.717) is 16.6 Å². The van der Waals surface area contributed by atoms with Crippen molar-refractivity contribution in [2.75, 3.05) is 7.05 Å². The number of amides is 1. The number of hydrogen-bond acceptors (Lipinski definition) is 6. The van der Waals surface area contributed by atoms with Crippen LogP contribution in [0.25, 0.3) is 0 Å². The van der Waals surface area contributed by atoms with Crippen LogP contribution in [0.1, 0.15) is 15.9 Å². The first-order chi connectivity index (χ1) is 13.0. The van der Waals surface area contributed by atoms with Gasteiger partial charge in [-0.1, -0.05) is 30.3 Å². The fourth-order valence-electron chi connectivity index (χ4n) is 2.49. The summed E-state index contributed by atoms with van der Waals surface area (Å²) in [7, 11) is 3.42. The minimum atomic E-state index is -0.493. The minimum Gasteiger partial charge on any atom is -0.337 e. The summed E-state index contributed by atoms with van der Waals surface area (Å²) >= 11 is 1.13. The molecule has 0 unspecified atom stereocenters. The van der Waals surface area contributed by atoms with Gasteiger partial charge in [0, 0.05) is 32.3 Å². The first-order valence-corrected chi connectivity index (χ1v) is 8.87. The molecule has 0 atom stereocenters. The van der Waals surface area contributed by atoms with E-state index in [1.54, 1.807) is 30.8 Å². The average molecular weight is 383 g/mol. The maximum absolute atomic E-state index is 12.7. The van der Waals surface area contributed by atoms with Gasteiger partial charge >= 0.3 is 0 Å². The van der Waals surface area contributed by atoms with E-state index in [1.165, 1.54) is 17.3 Å². The number of nitrogens with zero attached hydrogens (tertiary/aromatic N) is 5. The molecule has 138 valence electrons. The summed E-state index contributed by atoms with van der Waals surface area (Å²) in [4.78, 5) is 25.6. The smallest absolute Gasteiger partial charge is 0.284 e. The van der Waals surface area contributed by atoms with Crippen LogP contribution in [-0.2, 0) is 13.6 Å². The standard InChI is InChI=1S/C18H17N5O3S/c1-21(11-13-6-4-3-5-7-13)17(24)14-8-9-16(15(10-14)23(25)26)27-18-20-19-12-22(18)2/h3-10,12H,11H2,1-2H3. The first kappa shape index (κ1) is 18.6. The van der Waals surface area contributed by atoms with Crippen LogP contribution in [0.2, 0.25) is 0 Å². The number of carbonyl (C=O) groups excluding carboxylic acids is 1. The molecular weight excluding hydrogens is 366 g/mol. The molecule has 1 aromatic heterocycles. The Morgan fingerprint density at radius 3 is 2.63 bits per heavy atom. The molecule has 2 aromatic carbocycles. The Bertz CT molecular complexity index is 974. The molecule has 0 aliphatic carbocycles. The van der Waals surface area contributed by atoms with Gasteiger partial charge in [-0.2, -0.15) is 0 Å². The van der Waals surface area contributed by atoms with Crippen LogP contribution in [-0.4, -0.2) is 37.5 Å². The van der Waals surface area contributed by atoms with Crippen LogP contribution in [0, 0.1) is 10.1 Å². The minimum absolute atomic E-state index is 0.137. The van der Waals surface area contributed by atoms with Gasteiger partial charge in [0.05, 0.1) is 9.82 Å². The molecule has 3 aromatic rings. The summed E-state index contributed by atoms with van der Waals surface area (Å²) in [6.45, 7) is 0.420. The molecule has 0 bridgehead atoms. The molecule has 1 heterocycles. The van der Waals surface area contributed by atoms with E-state index in [9.17, 15) is 14.9 Å². The summed E-state index contributed by atoms with van der Waals surface area (Å²) in [6.07, 6.45) is 1.52. The van der Waals surface area contributed by atoms with Crippen molar-refractivity contribution >= 4 is 23.4 Å². The third-order valence-corrected chi connectivity index (χ3v) is 5.00. The molecule has 0 radical (unpaired) electrons. The van der Waals surface area contributed by atoms with Gasteiger partial charge in [0.1, 0.15) is 6.33 Å². The predicted molar refractivity (Wildman–Crippen MR) is 100 cm³/mol. The van der Waals surface area contributed by atoms with Gasteiger partial charge in [0.2, 0.25) is 0 Å². The maximum Gasteiger partial charge on any atom is 0.284 e. The summed E-state index contributed by atoms with van der Waals surface area (Å²) < 4.78 is 1.67. The van der Waals surface area contributed by atoms with Crippen LogP contribution in [0.4, 0.5) is 5.69 Å². The van der Waals surface area contributed by atoms with Gasteiger partial charge in [0.25, 0.3) is 11.6 Å². The SMILES string of the molecule is CN(Cc1ccccc1)C(=O)c1ccc(Sc2nncn2C)c([N+](=O)[O-])c1. The Labute approximate surface area is 160 Å². The molecule has 1 amide bonds. The lowest BCUT2D eigenvalue weighted by atomic mass is 10.1. The fraction of sp³-hybridized carbons (Fsp3) is 0.167. The van der Waals surface area contributed by atoms with Crippen LogP contribution in [0.15, 0.2) is 64.9 Å². The Morgan fingerprint density at radius 2 is 2.00 bits per heavy atom. The van der Waals surface area contributed by atoms with Gasteiger partial charge < -0.3 is 9.47 Å². The summed E-state index contributed by atoms with van der Waals surface area (Å²) in [5.41, 5.74) is 1.11. The molecule has 0 spiro atoms. The Balaban J connectivity index is 1.83. The van der Waals surface area contributed by atoms with Crippen molar-refractivity contribution in [2.45, 2.75) is 16.6 Å². The lowest BCUT2D eigenvalue weighted by Crippen LogP contribution is -2.26. The highest BCUT2D eigenvalue weighted by molar-refractivity contribution is 7.99. The number of nitro benzene ring substituents is 1. The van der Waals surface area contributed by atoms with E-state index >= 15 is 0 Å². The number of benzene rings is 2. The second-order valence-corrected chi connectivity index (χ2v) is 6.92. The van der Waals surface area contributed by atoms with Crippen molar-refractivity contribution in [1.29, 1.82) is 0 Å². The van der Waals surface area contributed by atoms with Gasteiger partial charge in [-0.05, 0) is 29.5 Å². The van der Waals surface area contributed by atoms with Crippen LogP contribution in [0.3, 0.4) is 0 Å². The van der Waals surface area contributed by atoms with Gasteiger partial charge in [0.15, 0.2) is 5.16 Å². The van der Waals surface area contributed by atoms with E-state index in [0.717, 1.165) is 17.3 Å². The monoisotopic (exact) mass is 383 g/mol. The summed E-state index contributed by atoms with van der Waals surface area (Å²) in [6, 6.07) is 14.0. The molecule has 0 saturated carbocycles. The van der Waals surface area contributed by atoms with Gasteiger partial charge in [-0.25, -0.2) is 0 Å². The molecule has 0 aliphatic rings. The number of hydrogen-bond donors (Lipinski definition) is 0. The van der Waals surface area contributed by atoms with E-state index in [1.807, 2.05) is 30.3 Å². The van der Waals surface area contributed by atoms with Crippen LogP contribution >= 0.6 is 11.8 Å². The number of rotatable bonds is 6. The molecule has 0 aliphatic heterocycles. The van der Waals surface area contributed by atoms with E-state index in [-0.39, 0.29) is 17.2 Å². The topological polar surface area (TPSA) is 94.2 Å². The van der Waals surface area contributed by atoms with Crippen molar-refractivity contribution in [1.82, 2.24) is 19.7 Å². The Morgan fingerprint density at radius 1 is 1.26 bits per heavy atom. The third-order valence-electron chi connectivity index (χ3n) is 3.88. The van der Waals surface area contributed by atoms with Gasteiger partial charge in [-0.3, -0.25) is 14.9 Å². The lowest BCUT2D eigenvalue weighted by Gasteiger charge is -2.17. The van der Waals surface area contributed by atoms with Crippen molar-refractivity contribution < 1.29 is 9.72 Å². The number of nitro groups is 1. The molecule has 0 saturated heterocycles. The first-order valence-electron chi connectivity index (χ1n) is 8.05. The summed E-state index contributed by atoms with van der Waals surface area (Å²) in [5, 5.41) is 19.7. The van der Waals surface area contributed by atoms with Crippen molar-refractivity contribution in [3.63, 3.8) is 0 Å². The second kappa shape index (κ2) is 8.00. The molecule has 9 heteroatoms. The van der Waals surface area contributed by atoms with E-state index < -0.39 is 4.92 Å². The fourth-order valence-corrected chi connectivity index (χ4v) is 3.34. The van der Waals surface area contributed by atoms with Crippen molar-refractivity contribution in [3.8, 4) is 0 Å². The van der Waals surface area contributed by atoms with Crippen molar-refractivity contribution in [3.05, 3.63) is 76.1 Å². The third kappa shape index (κ3) is 4.32. The van der Waals surface area contributed by atoms with Gasteiger partial charge in [-0.15, -0.1) is 10.2 Å². The maximum atomic E-state index is 12.7. The zero-order chi connectivity index (χ0) is 19.4. The average Bonchev–Trinajstić information content (AvgIpc) is 3.06. The number of aromatic nitrogens is 3. The van der Waals surface area contributed by atoms with E-state index in [2.05, 4.69) is 10.2 Å². The zero-order valence-corrected chi connectivity index (χ0v) is 15.6. The normalized spacial score (nSPS) is 10.6. The highest BCUT2D eigenvalue weighted by Gasteiger charge is 2.21.